The Hall–Kier alpha value is -2.54. The highest BCUT2D eigenvalue weighted by atomic mass is 16.3. The smallest absolute Gasteiger partial charge is 0.241 e. The van der Waals surface area contributed by atoms with E-state index in [1.807, 2.05) is 36.1 Å². The summed E-state index contributed by atoms with van der Waals surface area (Å²) >= 11 is 0. The number of para-hydroxylation sites is 1. The molecule has 2 aromatic rings. The number of ketones is 1. The van der Waals surface area contributed by atoms with Crippen LogP contribution in [0.2, 0.25) is 0 Å². The van der Waals surface area contributed by atoms with Gasteiger partial charge in [0.2, 0.25) is 5.91 Å². The average Bonchev–Trinajstić information content (AvgIpc) is 3.43. The van der Waals surface area contributed by atoms with Gasteiger partial charge in [-0.05, 0) is 45.0 Å². The minimum atomic E-state index is -0.440. The number of aliphatic hydroxyl groups excluding tert-OH is 1. The van der Waals surface area contributed by atoms with Gasteiger partial charge in [-0.3, -0.25) is 19.4 Å². The van der Waals surface area contributed by atoms with Crippen molar-refractivity contribution in [2.75, 3.05) is 31.5 Å². The van der Waals surface area contributed by atoms with E-state index in [2.05, 4.69) is 10.2 Å². The predicted molar refractivity (Wildman–Crippen MR) is 117 cm³/mol. The molecule has 2 aliphatic heterocycles. The van der Waals surface area contributed by atoms with Crippen LogP contribution >= 0.6 is 0 Å². The van der Waals surface area contributed by atoms with E-state index in [1.165, 1.54) is 12.8 Å². The van der Waals surface area contributed by atoms with Crippen LogP contribution in [0.15, 0.2) is 54.6 Å². The van der Waals surface area contributed by atoms with Crippen LogP contribution in [0, 0.1) is 0 Å². The molecule has 2 aliphatic rings. The fraction of sp³-hybridized carbons (Fsp3) is 0.417. The molecule has 6 nitrogen and oxygen atoms in total. The third-order valence-electron chi connectivity index (χ3n) is 6.29. The highest BCUT2D eigenvalue weighted by Gasteiger charge is 2.39. The van der Waals surface area contributed by atoms with Crippen LogP contribution in [0.3, 0.4) is 0 Å². The lowest BCUT2D eigenvalue weighted by molar-refractivity contribution is -0.120. The summed E-state index contributed by atoms with van der Waals surface area (Å²) in [7, 11) is 0. The zero-order chi connectivity index (χ0) is 21.1. The molecule has 1 amide bonds. The van der Waals surface area contributed by atoms with Crippen molar-refractivity contribution >= 4 is 17.4 Å². The van der Waals surface area contributed by atoms with Gasteiger partial charge >= 0.3 is 0 Å². The minimum Gasteiger partial charge on any atom is -0.390 e. The number of carbonyl (C=O) groups is 2. The summed E-state index contributed by atoms with van der Waals surface area (Å²) in [6.45, 7) is 5.06. The van der Waals surface area contributed by atoms with Crippen LogP contribution in [0.1, 0.15) is 35.7 Å². The maximum absolute atomic E-state index is 13.0. The number of likely N-dealkylation sites (tertiary alicyclic amines) is 2. The third-order valence-corrected chi connectivity index (χ3v) is 6.29. The van der Waals surface area contributed by atoms with E-state index < -0.39 is 12.1 Å². The largest absolute Gasteiger partial charge is 0.390 e. The first-order valence-corrected chi connectivity index (χ1v) is 10.7. The van der Waals surface area contributed by atoms with Crippen molar-refractivity contribution in [1.82, 2.24) is 9.80 Å². The monoisotopic (exact) mass is 407 g/mol. The second-order valence-electron chi connectivity index (χ2n) is 8.24. The minimum absolute atomic E-state index is 0.0923. The molecule has 2 aromatic carbocycles. The summed E-state index contributed by atoms with van der Waals surface area (Å²) in [5.41, 5.74) is 1.57. The topological polar surface area (TPSA) is 72.9 Å². The molecule has 2 saturated heterocycles. The molecule has 30 heavy (non-hydrogen) atoms. The van der Waals surface area contributed by atoms with Gasteiger partial charge in [-0.15, -0.1) is 0 Å². The highest BCUT2D eigenvalue weighted by Crippen LogP contribution is 2.24. The first kappa shape index (κ1) is 20.7. The molecule has 6 heteroatoms. The van der Waals surface area contributed by atoms with E-state index in [0.717, 1.165) is 13.1 Å². The molecule has 3 atom stereocenters. The molecular weight excluding hydrogens is 378 g/mol. The van der Waals surface area contributed by atoms with Crippen molar-refractivity contribution in [2.24, 2.45) is 0 Å². The lowest BCUT2D eigenvalue weighted by Gasteiger charge is -2.27. The summed E-state index contributed by atoms with van der Waals surface area (Å²) in [6.07, 6.45) is 1.90. The average molecular weight is 408 g/mol. The van der Waals surface area contributed by atoms with Gasteiger partial charge in [0.25, 0.3) is 0 Å². The molecule has 2 fully saturated rings. The highest BCUT2D eigenvalue weighted by molar-refractivity contribution is 6.14. The van der Waals surface area contributed by atoms with Crippen LogP contribution in [-0.2, 0) is 4.79 Å². The summed E-state index contributed by atoms with van der Waals surface area (Å²) in [4.78, 5) is 30.3. The fourth-order valence-electron chi connectivity index (χ4n) is 4.48. The van der Waals surface area contributed by atoms with Crippen LogP contribution in [0.25, 0.3) is 0 Å². The Balaban J connectivity index is 1.45. The van der Waals surface area contributed by atoms with Crippen LogP contribution in [0.4, 0.5) is 5.69 Å². The Morgan fingerprint density at radius 3 is 2.40 bits per heavy atom. The van der Waals surface area contributed by atoms with Gasteiger partial charge in [0.05, 0.1) is 17.8 Å². The SMILES string of the molecule is C[C@H](C(=O)Nc1ccccc1C(=O)c1ccccc1)N1C[C@@H](O)[C@@H](N2CCCC2)C1. The zero-order valence-corrected chi connectivity index (χ0v) is 17.3. The lowest BCUT2D eigenvalue weighted by Crippen LogP contribution is -2.43. The van der Waals surface area contributed by atoms with Gasteiger partial charge in [0.1, 0.15) is 0 Å². The van der Waals surface area contributed by atoms with E-state index in [1.54, 1.807) is 30.3 Å². The predicted octanol–water partition coefficient (Wildman–Crippen LogP) is 2.39. The van der Waals surface area contributed by atoms with E-state index in [9.17, 15) is 14.7 Å². The lowest BCUT2D eigenvalue weighted by atomic mass is 10.0. The first-order valence-electron chi connectivity index (χ1n) is 10.7. The summed E-state index contributed by atoms with van der Waals surface area (Å²) in [5, 5.41) is 13.5. The third kappa shape index (κ3) is 4.31. The number of benzene rings is 2. The zero-order valence-electron chi connectivity index (χ0n) is 17.3. The number of nitrogens with zero attached hydrogens (tertiary/aromatic N) is 2. The van der Waals surface area contributed by atoms with E-state index in [4.69, 9.17) is 0 Å². The number of hydrogen-bond acceptors (Lipinski definition) is 5. The maximum Gasteiger partial charge on any atom is 0.241 e. The normalized spacial score (nSPS) is 23.4. The first-order chi connectivity index (χ1) is 14.5. The van der Waals surface area contributed by atoms with Crippen LogP contribution in [-0.4, -0.2) is 71.0 Å². The number of aliphatic hydroxyl groups is 1. The van der Waals surface area contributed by atoms with Crippen molar-refractivity contribution in [2.45, 2.75) is 38.0 Å². The molecule has 0 spiro atoms. The second kappa shape index (κ2) is 9.08. The molecular formula is C24H29N3O3. The Morgan fingerprint density at radius 2 is 1.67 bits per heavy atom. The molecule has 2 heterocycles. The molecule has 2 N–H and O–H groups in total. The molecule has 4 rings (SSSR count). The van der Waals surface area contributed by atoms with E-state index in [-0.39, 0.29) is 17.7 Å². The molecule has 0 bridgehead atoms. The summed E-state index contributed by atoms with van der Waals surface area (Å²) in [6, 6.07) is 15.9. The van der Waals surface area contributed by atoms with Crippen molar-refractivity contribution in [1.29, 1.82) is 0 Å². The van der Waals surface area contributed by atoms with Gasteiger partial charge in [0.15, 0.2) is 5.78 Å². The van der Waals surface area contributed by atoms with E-state index >= 15 is 0 Å². The van der Waals surface area contributed by atoms with Gasteiger partial charge < -0.3 is 10.4 Å². The number of nitrogens with one attached hydrogen (secondary N) is 1. The Bertz CT molecular complexity index is 896. The number of rotatable bonds is 6. The molecule has 0 aromatic heterocycles. The Morgan fingerprint density at radius 1 is 1.00 bits per heavy atom. The van der Waals surface area contributed by atoms with Crippen molar-refractivity contribution in [3.05, 3.63) is 65.7 Å². The Kier molecular flexibility index (Phi) is 6.27. The fourth-order valence-corrected chi connectivity index (χ4v) is 4.48. The Labute approximate surface area is 177 Å². The number of carbonyl (C=O) groups excluding carboxylic acids is 2. The quantitative estimate of drug-likeness (QED) is 0.720. The van der Waals surface area contributed by atoms with Crippen molar-refractivity contribution < 1.29 is 14.7 Å². The number of hydrogen-bond donors (Lipinski definition) is 2. The molecule has 0 aliphatic carbocycles. The van der Waals surface area contributed by atoms with Gasteiger partial charge in [-0.25, -0.2) is 0 Å². The van der Waals surface area contributed by atoms with Gasteiger partial charge in [0, 0.05) is 30.3 Å². The van der Waals surface area contributed by atoms with Gasteiger partial charge in [-0.2, -0.15) is 0 Å². The standard InChI is InChI=1S/C24H29N3O3/c1-17(27-15-21(22(28)16-27)26-13-7-8-14-26)24(30)25-20-12-6-5-11-19(20)23(29)18-9-3-2-4-10-18/h2-6,9-12,17,21-22,28H,7-8,13-16H2,1H3,(H,25,30)/t17-,21+,22-/m1/s1. The van der Waals surface area contributed by atoms with Crippen molar-refractivity contribution in [3.63, 3.8) is 0 Å². The number of β-amino-alcohol motifs (C(OH)–C–C–N with tert-alkyl or cyclic N) is 1. The van der Waals surface area contributed by atoms with Crippen molar-refractivity contribution in [3.8, 4) is 0 Å². The molecule has 0 radical (unpaired) electrons. The second-order valence-corrected chi connectivity index (χ2v) is 8.24. The summed E-state index contributed by atoms with van der Waals surface area (Å²) in [5.74, 6) is -0.289. The summed E-state index contributed by atoms with van der Waals surface area (Å²) < 4.78 is 0. The maximum atomic E-state index is 13.0. The molecule has 158 valence electrons. The number of anilines is 1. The van der Waals surface area contributed by atoms with Crippen LogP contribution < -0.4 is 5.32 Å². The number of amides is 1. The van der Waals surface area contributed by atoms with Crippen LogP contribution in [0.5, 0.6) is 0 Å². The van der Waals surface area contributed by atoms with Gasteiger partial charge in [-0.1, -0.05) is 42.5 Å². The van der Waals surface area contributed by atoms with E-state index in [0.29, 0.717) is 29.9 Å². The molecule has 0 saturated carbocycles. The molecule has 0 unspecified atom stereocenters.